The van der Waals surface area contributed by atoms with Crippen molar-refractivity contribution in [2.45, 2.75) is 31.8 Å². The molecule has 1 rings (SSSR count). The number of hydrogen-bond donors (Lipinski definition) is 2. The van der Waals surface area contributed by atoms with Crippen molar-refractivity contribution in [3.8, 4) is 0 Å². The van der Waals surface area contributed by atoms with Gasteiger partial charge in [-0.3, -0.25) is 9.59 Å². The van der Waals surface area contributed by atoms with Crippen LogP contribution in [0.25, 0.3) is 0 Å². The van der Waals surface area contributed by atoms with Crippen LogP contribution in [0, 0.1) is 0 Å². The molecular formula is C9H12O4. The van der Waals surface area contributed by atoms with Gasteiger partial charge in [-0.2, -0.15) is 0 Å². The van der Waals surface area contributed by atoms with Crippen LogP contribution in [0.2, 0.25) is 0 Å². The van der Waals surface area contributed by atoms with Gasteiger partial charge in [0.15, 0.2) is 5.78 Å². The third kappa shape index (κ3) is 2.99. The molecule has 0 saturated heterocycles. The lowest BCUT2D eigenvalue weighted by Gasteiger charge is -1.97. The first-order valence-electron chi connectivity index (χ1n) is 4.23. The minimum atomic E-state index is -0.855. The molecular weight excluding hydrogens is 172 g/mol. The molecule has 13 heavy (non-hydrogen) atoms. The highest BCUT2D eigenvalue weighted by Crippen LogP contribution is 2.19. The highest BCUT2D eigenvalue weighted by molar-refractivity contribution is 5.98. The molecule has 0 aromatic heterocycles. The number of aliphatic carboxylic acids is 1. The summed E-state index contributed by atoms with van der Waals surface area (Å²) in [5.41, 5.74) is 0.578. The second-order valence-corrected chi connectivity index (χ2v) is 3.13. The zero-order chi connectivity index (χ0) is 9.84. The van der Waals surface area contributed by atoms with E-state index in [1.54, 1.807) is 0 Å². The van der Waals surface area contributed by atoms with Gasteiger partial charge in [-0.1, -0.05) is 0 Å². The van der Waals surface area contributed by atoms with Crippen LogP contribution in [0.1, 0.15) is 25.7 Å². The van der Waals surface area contributed by atoms with Crippen LogP contribution in [0.5, 0.6) is 0 Å². The highest BCUT2D eigenvalue weighted by atomic mass is 16.4. The standard InChI is InChI=1S/C9H12O4/c10-7-4-6(8(11)5-7)2-1-3-9(12)13/h4,7,10H,1-3,5H2,(H,12,13). The smallest absolute Gasteiger partial charge is 0.303 e. The van der Waals surface area contributed by atoms with E-state index in [0.717, 1.165) is 0 Å². The zero-order valence-electron chi connectivity index (χ0n) is 7.19. The van der Waals surface area contributed by atoms with Gasteiger partial charge in [0.2, 0.25) is 0 Å². The molecule has 1 aliphatic rings. The SMILES string of the molecule is O=C(O)CCCC1=CC(O)CC1=O. The lowest BCUT2D eigenvalue weighted by Crippen LogP contribution is -2.01. The maximum Gasteiger partial charge on any atom is 0.303 e. The van der Waals surface area contributed by atoms with Gasteiger partial charge in [-0.05, 0) is 24.5 Å². The van der Waals surface area contributed by atoms with Crippen LogP contribution in [0.4, 0.5) is 0 Å². The van der Waals surface area contributed by atoms with Crippen molar-refractivity contribution in [2.75, 3.05) is 0 Å². The summed E-state index contributed by atoms with van der Waals surface area (Å²) in [7, 11) is 0. The van der Waals surface area contributed by atoms with E-state index in [-0.39, 0.29) is 18.6 Å². The number of carboxylic acids is 1. The van der Waals surface area contributed by atoms with Crippen molar-refractivity contribution < 1.29 is 19.8 Å². The van der Waals surface area contributed by atoms with Crippen LogP contribution in [-0.2, 0) is 9.59 Å². The number of allylic oxidation sites excluding steroid dienone is 1. The quantitative estimate of drug-likeness (QED) is 0.667. The van der Waals surface area contributed by atoms with Crippen molar-refractivity contribution in [2.24, 2.45) is 0 Å². The number of aliphatic hydroxyl groups is 1. The second kappa shape index (κ2) is 4.18. The van der Waals surface area contributed by atoms with E-state index >= 15 is 0 Å². The molecule has 0 radical (unpaired) electrons. The minimum Gasteiger partial charge on any atom is -0.481 e. The summed E-state index contributed by atoms with van der Waals surface area (Å²) in [5.74, 6) is -0.913. The van der Waals surface area contributed by atoms with Crippen molar-refractivity contribution in [1.82, 2.24) is 0 Å². The van der Waals surface area contributed by atoms with Gasteiger partial charge >= 0.3 is 5.97 Å². The molecule has 0 bridgehead atoms. The third-order valence-corrected chi connectivity index (χ3v) is 1.98. The Balaban J connectivity index is 2.33. The van der Waals surface area contributed by atoms with Crippen molar-refractivity contribution in [1.29, 1.82) is 0 Å². The third-order valence-electron chi connectivity index (χ3n) is 1.98. The number of carboxylic acid groups (broad SMARTS) is 1. The van der Waals surface area contributed by atoms with Gasteiger partial charge in [-0.15, -0.1) is 0 Å². The van der Waals surface area contributed by atoms with E-state index in [2.05, 4.69) is 0 Å². The molecule has 4 nitrogen and oxygen atoms in total. The molecule has 1 unspecified atom stereocenters. The first-order chi connectivity index (χ1) is 6.09. The summed E-state index contributed by atoms with van der Waals surface area (Å²) in [6.07, 6.45) is 2.00. The van der Waals surface area contributed by atoms with Gasteiger partial charge < -0.3 is 10.2 Å². The Bertz CT molecular complexity index is 254. The van der Waals surface area contributed by atoms with Gasteiger partial charge in [0.1, 0.15) is 0 Å². The van der Waals surface area contributed by atoms with Crippen molar-refractivity contribution >= 4 is 11.8 Å². The van der Waals surface area contributed by atoms with Crippen LogP contribution in [0.3, 0.4) is 0 Å². The largest absolute Gasteiger partial charge is 0.481 e. The lowest BCUT2D eigenvalue weighted by atomic mass is 10.1. The van der Waals surface area contributed by atoms with Crippen LogP contribution in [-0.4, -0.2) is 28.1 Å². The monoisotopic (exact) mass is 184 g/mol. The Kier molecular flexibility index (Phi) is 3.19. The normalized spacial score (nSPS) is 21.8. The number of ketones is 1. The molecule has 0 heterocycles. The van der Waals surface area contributed by atoms with Crippen molar-refractivity contribution in [3.63, 3.8) is 0 Å². The predicted octanol–water partition coefficient (Wildman–Crippen LogP) is 0.501. The summed E-state index contributed by atoms with van der Waals surface area (Å²) in [4.78, 5) is 21.2. The molecule has 0 aliphatic heterocycles. The fourth-order valence-electron chi connectivity index (χ4n) is 1.36. The summed E-state index contributed by atoms with van der Waals surface area (Å²) in [5, 5.41) is 17.4. The first-order valence-corrected chi connectivity index (χ1v) is 4.23. The highest BCUT2D eigenvalue weighted by Gasteiger charge is 2.21. The maximum absolute atomic E-state index is 11.1. The number of rotatable bonds is 4. The van der Waals surface area contributed by atoms with E-state index in [0.29, 0.717) is 18.4 Å². The second-order valence-electron chi connectivity index (χ2n) is 3.13. The topological polar surface area (TPSA) is 74.6 Å². The van der Waals surface area contributed by atoms with E-state index in [4.69, 9.17) is 10.2 Å². The van der Waals surface area contributed by atoms with Crippen LogP contribution < -0.4 is 0 Å². The lowest BCUT2D eigenvalue weighted by molar-refractivity contribution is -0.137. The Morgan fingerprint density at radius 3 is 2.77 bits per heavy atom. The van der Waals surface area contributed by atoms with Gasteiger partial charge in [0.05, 0.1) is 6.10 Å². The predicted molar refractivity (Wildman–Crippen MR) is 45.2 cm³/mol. The summed E-state index contributed by atoms with van der Waals surface area (Å²) in [6, 6.07) is 0. The van der Waals surface area contributed by atoms with E-state index in [1.807, 2.05) is 0 Å². The molecule has 0 spiro atoms. The molecule has 0 saturated carbocycles. The van der Waals surface area contributed by atoms with E-state index in [1.165, 1.54) is 6.08 Å². The Morgan fingerprint density at radius 2 is 2.31 bits per heavy atom. The van der Waals surface area contributed by atoms with Gasteiger partial charge in [0, 0.05) is 12.8 Å². The number of aliphatic hydroxyl groups excluding tert-OH is 1. The number of hydrogen-bond acceptors (Lipinski definition) is 3. The number of carbonyl (C=O) groups is 2. The number of Topliss-reactive ketones (excluding diaryl/α,β-unsaturated/α-hetero) is 1. The average molecular weight is 184 g/mol. The van der Waals surface area contributed by atoms with Crippen molar-refractivity contribution in [3.05, 3.63) is 11.6 Å². The fourth-order valence-corrected chi connectivity index (χ4v) is 1.36. The molecule has 1 atom stereocenters. The average Bonchev–Trinajstić information content (AvgIpc) is 2.29. The Hall–Kier alpha value is -1.16. The zero-order valence-corrected chi connectivity index (χ0v) is 7.19. The van der Waals surface area contributed by atoms with E-state index in [9.17, 15) is 9.59 Å². The molecule has 0 aromatic carbocycles. The van der Waals surface area contributed by atoms with Crippen LogP contribution >= 0.6 is 0 Å². The summed E-state index contributed by atoms with van der Waals surface area (Å²) in [6.45, 7) is 0. The first kappa shape index (κ1) is 9.92. The molecule has 1 aliphatic carbocycles. The molecule has 2 N–H and O–H groups in total. The summed E-state index contributed by atoms with van der Waals surface area (Å²) < 4.78 is 0. The molecule has 0 aromatic rings. The Labute approximate surface area is 75.9 Å². The molecule has 0 amide bonds. The summed E-state index contributed by atoms with van der Waals surface area (Å²) >= 11 is 0. The van der Waals surface area contributed by atoms with E-state index < -0.39 is 12.1 Å². The minimum absolute atomic E-state index is 0.0575. The van der Waals surface area contributed by atoms with Gasteiger partial charge in [0.25, 0.3) is 0 Å². The molecule has 4 heteroatoms. The fraction of sp³-hybridized carbons (Fsp3) is 0.556. The number of carbonyl (C=O) groups excluding carboxylic acids is 1. The van der Waals surface area contributed by atoms with Crippen LogP contribution in [0.15, 0.2) is 11.6 Å². The molecule has 0 fully saturated rings. The maximum atomic E-state index is 11.1. The van der Waals surface area contributed by atoms with Gasteiger partial charge in [-0.25, -0.2) is 0 Å². The molecule has 72 valence electrons. The Morgan fingerprint density at radius 1 is 1.62 bits per heavy atom.